The number of aromatic nitrogens is 6. The van der Waals surface area contributed by atoms with E-state index < -0.39 is 0 Å². The molecule has 0 fully saturated rings. The summed E-state index contributed by atoms with van der Waals surface area (Å²) in [5.74, 6) is 0. The first-order valence-electron chi connectivity index (χ1n) is 20.2. The molecule has 10 rings (SSSR count). The summed E-state index contributed by atoms with van der Waals surface area (Å²) >= 11 is 0. The largest absolute Gasteiger partial charge is 0.377 e. The van der Waals surface area contributed by atoms with Crippen molar-refractivity contribution in [2.24, 2.45) is 0 Å². The van der Waals surface area contributed by atoms with Crippen LogP contribution in [0.4, 0.5) is 0 Å². The first-order chi connectivity index (χ1) is 29.2. The first kappa shape index (κ1) is 37.2. The Bertz CT molecular complexity index is 2750. The predicted molar refractivity (Wildman–Crippen MR) is 230 cm³/mol. The van der Waals surface area contributed by atoms with Gasteiger partial charge in [-0.25, -0.2) is 9.36 Å². The highest BCUT2D eigenvalue weighted by molar-refractivity contribution is 6.24. The Morgan fingerprint density at radius 3 is 1.10 bits per heavy atom. The zero-order chi connectivity index (χ0) is 39.4. The van der Waals surface area contributed by atoms with Gasteiger partial charge in [-0.3, -0.25) is 0 Å². The predicted octanol–water partition coefficient (Wildman–Crippen LogP) is 8.54. The molecule has 0 aliphatic rings. The molecule has 2 aromatic heterocycles. The highest BCUT2D eigenvalue weighted by Crippen LogP contribution is 2.37. The van der Waals surface area contributed by atoms with Crippen LogP contribution in [0.25, 0.3) is 64.6 Å². The van der Waals surface area contributed by atoms with Gasteiger partial charge in [0.2, 0.25) is 0 Å². The molecule has 296 valence electrons. The zero-order valence-corrected chi connectivity index (χ0v) is 32.8. The van der Waals surface area contributed by atoms with E-state index in [4.69, 9.17) is 23.7 Å². The number of hydrogen-bond acceptors (Lipinski definition) is 9. The summed E-state index contributed by atoms with van der Waals surface area (Å²) in [6.07, 6.45) is 3.90. The molecule has 0 amide bonds. The number of benzene rings is 8. The molecule has 0 N–H and O–H groups in total. The van der Waals surface area contributed by atoms with Crippen molar-refractivity contribution in [1.29, 1.82) is 0 Å². The van der Waals surface area contributed by atoms with Gasteiger partial charge in [-0.05, 0) is 75.8 Å². The first-order valence-corrected chi connectivity index (χ1v) is 20.2. The number of ether oxygens (including phenoxy) is 5. The van der Waals surface area contributed by atoms with Crippen molar-refractivity contribution in [3.63, 3.8) is 0 Å². The van der Waals surface area contributed by atoms with E-state index in [9.17, 15) is 0 Å². The van der Waals surface area contributed by atoms with Crippen LogP contribution in [-0.4, -0.2) is 82.8 Å². The molecule has 0 saturated carbocycles. The highest BCUT2D eigenvalue weighted by atomic mass is 16.6. The van der Waals surface area contributed by atoms with Gasteiger partial charge in [0.15, 0.2) is 0 Å². The van der Waals surface area contributed by atoms with E-state index in [0.29, 0.717) is 79.2 Å². The van der Waals surface area contributed by atoms with Gasteiger partial charge in [0.05, 0.1) is 91.6 Å². The minimum absolute atomic E-state index is 0.378. The minimum atomic E-state index is 0.378. The van der Waals surface area contributed by atoms with E-state index in [-0.39, 0.29) is 0 Å². The highest BCUT2D eigenvalue weighted by Gasteiger charge is 2.14. The fraction of sp³-hybridized carbons (Fsp3) is 0.250. The van der Waals surface area contributed by atoms with Crippen molar-refractivity contribution in [2.45, 2.75) is 26.3 Å². The zero-order valence-electron chi connectivity index (χ0n) is 32.8. The van der Waals surface area contributed by atoms with Crippen molar-refractivity contribution < 1.29 is 23.7 Å². The van der Waals surface area contributed by atoms with E-state index in [1.54, 1.807) is 0 Å². The second kappa shape index (κ2) is 17.0. The summed E-state index contributed by atoms with van der Waals surface area (Å²) in [7, 11) is 0. The SMILES string of the molecule is c1cc2ccc3ccc(Cn4cc(COCCOCCOCCOCCOCc5cn(Cc6ccc7ccc8cccc9ccc6c7c89)nn5)nn4)c4ccc(c1)c2c34. The number of hydrogen-bond donors (Lipinski definition) is 0. The van der Waals surface area contributed by atoms with Crippen LogP contribution < -0.4 is 0 Å². The van der Waals surface area contributed by atoms with Gasteiger partial charge in [-0.15, -0.1) is 10.2 Å². The molecule has 0 spiro atoms. The third kappa shape index (κ3) is 7.91. The van der Waals surface area contributed by atoms with Gasteiger partial charge in [-0.1, -0.05) is 120 Å². The van der Waals surface area contributed by atoms with Gasteiger partial charge in [-0.2, -0.15) is 0 Å². The minimum Gasteiger partial charge on any atom is -0.377 e. The molecular weight excluding hydrogens is 741 g/mol. The van der Waals surface area contributed by atoms with Crippen molar-refractivity contribution in [3.8, 4) is 0 Å². The molecule has 8 aromatic carbocycles. The second-order valence-corrected chi connectivity index (χ2v) is 14.9. The molecule has 10 aromatic rings. The fourth-order valence-electron chi connectivity index (χ4n) is 8.31. The molecule has 0 radical (unpaired) electrons. The Hall–Kier alpha value is -6.08. The fourth-order valence-corrected chi connectivity index (χ4v) is 8.31. The standard InChI is InChI=1S/C48H44N6O5/c1-3-33-7-9-37-11-13-39(43-17-15-35(5-1)45(33)47(37)43)27-53-29-41(49-51-53)31-58-25-23-56-21-19-55-20-22-57-24-26-59-32-42-30-54(52-50-42)28-40-14-12-38-10-8-34-4-2-6-36-16-18-44(40)48(38)46(34)36/h1-18,29-30H,19-28,31-32H2. The maximum atomic E-state index is 5.79. The Morgan fingerprint density at radius 1 is 0.356 bits per heavy atom. The molecule has 11 nitrogen and oxygen atoms in total. The summed E-state index contributed by atoms with van der Waals surface area (Å²) in [5, 5.41) is 32.7. The summed E-state index contributed by atoms with van der Waals surface area (Å²) in [4.78, 5) is 0. The van der Waals surface area contributed by atoms with Crippen LogP contribution in [0.2, 0.25) is 0 Å². The molecule has 0 aliphatic carbocycles. The van der Waals surface area contributed by atoms with Crippen LogP contribution in [0.1, 0.15) is 22.5 Å². The summed E-state index contributed by atoms with van der Waals surface area (Å²) in [6, 6.07) is 39.4. The lowest BCUT2D eigenvalue weighted by molar-refractivity contribution is -0.0141. The Morgan fingerprint density at radius 2 is 0.695 bits per heavy atom. The lowest BCUT2D eigenvalue weighted by Gasteiger charge is -2.13. The lowest BCUT2D eigenvalue weighted by atomic mass is 9.92. The van der Waals surface area contributed by atoms with Gasteiger partial charge in [0.1, 0.15) is 11.4 Å². The Kier molecular flexibility index (Phi) is 10.7. The van der Waals surface area contributed by atoms with Gasteiger partial charge >= 0.3 is 0 Å². The van der Waals surface area contributed by atoms with Gasteiger partial charge in [0.25, 0.3) is 0 Å². The smallest absolute Gasteiger partial charge is 0.108 e. The summed E-state index contributed by atoms with van der Waals surface area (Å²) in [6.45, 7) is 5.85. The molecule has 0 atom stereocenters. The van der Waals surface area contributed by atoms with Crippen LogP contribution in [0.15, 0.2) is 122 Å². The normalized spacial score (nSPS) is 12.2. The Labute approximate surface area is 340 Å². The van der Waals surface area contributed by atoms with E-state index in [2.05, 4.69) is 130 Å². The molecule has 59 heavy (non-hydrogen) atoms. The van der Waals surface area contributed by atoms with Crippen molar-refractivity contribution in [2.75, 3.05) is 52.9 Å². The lowest BCUT2D eigenvalue weighted by Crippen LogP contribution is -2.13. The summed E-state index contributed by atoms with van der Waals surface area (Å²) < 4.78 is 32.3. The van der Waals surface area contributed by atoms with Crippen molar-refractivity contribution in [1.82, 2.24) is 30.0 Å². The monoisotopic (exact) mass is 784 g/mol. The second-order valence-electron chi connectivity index (χ2n) is 14.9. The van der Waals surface area contributed by atoms with E-state index in [1.807, 2.05) is 21.8 Å². The van der Waals surface area contributed by atoms with E-state index in [1.165, 1.54) is 75.8 Å². The molecule has 0 saturated heterocycles. The maximum absolute atomic E-state index is 5.79. The van der Waals surface area contributed by atoms with Gasteiger partial charge in [0, 0.05) is 0 Å². The topological polar surface area (TPSA) is 108 Å². The van der Waals surface area contributed by atoms with Crippen molar-refractivity contribution >= 4 is 64.6 Å². The van der Waals surface area contributed by atoms with Crippen LogP contribution >= 0.6 is 0 Å². The maximum Gasteiger partial charge on any atom is 0.108 e. The number of rotatable bonds is 20. The van der Waals surface area contributed by atoms with E-state index >= 15 is 0 Å². The third-order valence-electron chi connectivity index (χ3n) is 11.1. The quantitative estimate of drug-likeness (QED) is 0.0555. The molecule has 2 heterocycles. The average Bonchev–Trinajstić information content (AvgIpc) is 3.93. The summed E-state index contributed by atoms with van der Waals surface area (Å²) in [5.41, 5.74) is 4.00. The van der Waals surface area contributed by atoms with Crippen molar-refractivity contribution in [3.05, 3.63) is 144 Å². The van der Waals surface area contributed by atoms with Gasteiger partial charge < -0.3 is 23.7 Å². The molecule has 0 bridgehead atoms. The molecular formula is C48H44N6O5. The van der Waals surface area contributed by atoms with Crippen LogP contribution in [0.3, 0.4) is 0 Å². The third-order valence-corrected chi connectivity index (χ3v) is 11.1. The number of nitrogens with zero attached hydrogens (tertiary/aromatic N) is 6. The molecule has 0 unspecified atom stereocenters. The van der Waals surface area contributed by atoms with Crippen LogP contribution in [0.5, 0.6) is 0 Å². The molecule has 0 aliphatic heterocycles. The van der Waals surface area contributed by atoms with Crippen LogP contribution in [0, 0.1) is 0 Å². The van der Waals surface area contributed by atoms with E-state index in [0.717, 1.165) is 11.4 Å². The average molecular weight is 785 g/mol. The van der Waals surface area contributed by atoms with Crippen LogP contribution in [-0.2, 0) is 50.0 Å². The molecule has 11 heteroatoms. The Balaban J connectivity index is 0.574.